The molecule has 0 bridgehead atoms. The van der Waals surface area contributed by atoms with Gasteiger partial charge < -0.3 is 5.73 Å². The summed E-state index contributed by atoms with van der Waals surface area (Å²) in [4.78, 5) is 9.97. The third kappa shape index (κ3) is 3.14. The second kappa shape index (κ2) is 4.72. The molecule has 4 heteroatoms. The third-order valence-electron chi connectivity index (χ3n) is 2.04. The molecular formula is C10H14N2O2. The van der Waals surface area contributed by atoms with Crippen LogP contribution in [-0.4, -0.2) is 11.0 Å². The standard InChI is InChI=1S/C10H14N2O2/c1-8(11)2-3-9-4-6-10(7-5-9)12(13)14/h4-8H,2-3,11H2,1H3/t8-/m0/s1. The Balaban J connectivity index is 2.60. The lowest BCUT2D eigenvalue weighted by Crippen LogP contribution is -2.15. The lowest BCUT2D eigenvalue weighted by atomic mass is 10.1. The minimum atomic E-state index is -0.394. The van der Waals surface area contributed by atoms with Crippen molar-refractivity contribution >= 4 is 5.69 Å². The molecule has 2 N–H and O–H groups in total. The van der Waals surface area contributed by atoms with Crippen molar-refractivity contribution in [1.82, 2.24) is 0 Å². The number of aryl methyl sites for hydroxylation is 1. The van der Waals surface area contributed by atoms with Gasteiger partial charge in [-0.3, -0.25) is 10.1 Å². The fourth-order valence-electron chi connectivity index (χ4n) is 1.18. The van der Waals surface area contributed by atoms with Crippen LogP contribution in [0.1, 0.15) is 18.9 Å². The molecule has 1 aromatic rings. The lowest BCUT2D eigenvalue weighted by Gasteiger charge is -2.04. The second-order valence-electron chi connectivity index (χ2n) is 3.44. The summed E-state index contributed by atoms with van der Waals surface area (Å²) in [6.07, 6.45) is 1.77. The zero-order valence-electron chi connectivity index (χ0n) is 8.14. The number of nitrogens with two attached hydrogens (primary N) is 1. The Morgan fingerprint density at radius 2 is 2.00 bits per heavy atom. The third-order valence-corrected chi connectivity index (χ3v) is 2.04. The van der Waals surface area contributed by atoms with Crippen LogP contribution >= 0.6 is 0 Å². The van der Waals surface area contributed by atoms with E-state index in [9.17, 15) is 10.1 Å². The van der Waals surface area contributed by atoms with E-state index in [1.54, 1.807) is 12.1 Å². The second-order valence-corrected chi connectivity index (χ2v) is 3.44. The molecule has 0 heterocycles. The van der Waals surface area contributed by atoms with E-state index >= 15 is 0 Å². The van der Waals surface area contributed by atoms with Crippen LogP contribution in [0, 0.1) is 10.1 Å². The van der Waals surface area contributed by atoms with E-state index in [4.69, 9.17) is 5.73 Å². The van der Waals surface area contributed by atoms with Crippen molar-refractivity contribution in [3.63, 3.8) is 0 Å². The smallest absolute Gasteiger partial charge is 0.269 e. The zero-order valence-corrected chi connectivity index (χ0v) is 8.14. The Morgan fingerprint density at radius 3 is 2.43 bits per heavy atom. The molecule has 0 aliphatic rings. The van der Waals surface area contributed by atoms with Crippen molar-refractivity contribution in [3.8, 4) is 0 Å². The van der Waals surface area contributed by atoms with Crippen LogP contribution in [0.3, 0.4) is 0 Å². The van der Waals surface area contributed by atoms with Crippen LogP contribution in [0.4, 0.5) is 5.69 Å². The van der Waals surface area contributed by atoms with Gasteiger partial charge in [0.1, 0.15) is 0 Å². The highest BCUT2D eigenvalue weighted by Crippen LogP contribution is 2.13. The van der Waals surface area contributed by atoms with Gasteiger partial charge in [-0.25, -0.2) is 0 Å². The van der Waals surface area contributed by atoms with Gasteiger partial charge in [-0.1, -0.05) is 12.1 Å². The summed E-state index contributed by atoms with van der Waals surface area (Å²) in [7, 11) is 0. The summed E-state index contributed by atoms with van der Waals surface area (Å²) < 4.78 is 0. The largest absolute Gasteiger partial charge is 0.328 e. The molecule has 1 aromatic carbocycles. The zero-order chi connectivity index (χ0) is 10.6. The van der Waals surface area contributed by atoms with Crippen molar-refractivity contribution < 1.29 is 4.92 Å². The molecule has 0 fully saturated rings. The molecule has 76 valence electrons. The summed E-state index contributed by atoms with van der Waals surface area (Å²) in [6, 6.07) is 6.78. The van der Waals surface area contributed by atoms with Gasteiger partial charge >= 0.3 is 0 Å². The number of nitro groups is 1. The van der Waals surface area contributed by atoms with E-state index in [1.165, 1.54) is 12.1 Å². The first kappa shape index (κ1) is 10.7. The lowest BCUT2D eigenvalue weighted by molar-refractivity contribution is -0.384. The molecule has 1 atom stereocenters. The number of rotatable bonds is 4. The monoisotopic (exact) mass is 194 g/mol. The van der Waals surface area contributed by atoms with Gasteiger partial charge in [-0.2, -0.15) is 0 Å². The fraction of sp³-hybridized carbons (Fsp3) is 0.400. The van der Waals surface area contributed by atoms with Crippen LogP contribution in [-0.2, 0) is 6.42 Å². The Kier molecular flexibility index (Phi) is 3.59. The molecule has 0 amide bonds. The van der Waals surface area contributed by atoms with E-state index in [0.717, 1.165) is 18.4 Å². The first-order valence-corrected chi connectivity index (χ1v) is 4.58. The van der Waals surface area contributed by atoms with Crippen molar-refractivity contribution in [2.45, 2.75) is 25.8 Å². The molecule has 0 unspecified atom stereocenters. The number of non-ortho nitro benzene ring substituents is 1. The minimum Gasteiger partial charge on any atom is -0.328 e. The van der Waals surface area contributed by atoms with E-state index in [2.05, 4.69) is 0 Å². The molecule has 4 nitrogen and oxygen atoms in total. The van der Waals surface area contributed by atoms with E-state index in [0.29, 0.717) is 0 Å². The molecule has 1 rings (SSSR count). The number of hydrogen-bond donors (Lipinski definition) is 1. The normalized spacial score (nSPS) is 12.4. The molecule has 0 aromatic heterocycles. The first-order chi connectivity index (χ1) is 6.59. The number of nitro benzene ring substituents is 1. The summed E-state index contributed by atoms with van der Waals surface area (Å²) in [5.41, 5.74) is 6.83. The van der Waals surface area contributed by atoms with Crippen LogP contribution < -0.4 is 5.73 Å². The van der Waals surface area contributed by atoms with Crippen LogP contribution in [0.15, 0.2) is 24.3 Å². The SMILES string of the molecule is C[C@H](N)CCc1ccc([N+](=O)[O-])cc1. The molecule has 0 saturated heterocycles. The Hall–Kier alpha value is -1.42. The molecule has 0 radical (unpaired) electrons. The first-order valence-electron chi connectivity index (χ1n) is 4.58. The number of nitrogens with zero attached hydrogens (tertiary/aromatic N) is 1. The predicted octanol–water partition coefficient (Wildman–Crippen LogP) is 1.87. The molecule has 0 spiro atoms. The minimum absolute atomic E-state index is 0.134. The van der Waals surface area contributed by atoms with Crippen molar-refractivity contribution in [1.29, 1.82) is 0 Å². The van der Waals surface area contributed by atoms with Crippen molar-refractivity contribution in [3.05, 3.63) is 39.9 Å². The quantitative estimate of drug-likeness (QED) is 0.587. The van der Waals surface area contributed by atoms with Crippen LogP contribution in [0.25, 0.3) is 0 Å². The summed E-state index contributed by atoms with van der Waals surface area (Å²) in [5.74, 6) is 0. The molecule has 14 heavy (non-hydrogen) atoms. The van der Waals surface area contributed by atoms with Gasteiger partial charge in [-0.05, 0) is 25.3 Å². The fourth-order valence-corrected chi connectivity index (χ4v) is 1.18. The highest BCUT2D eigenvalue weighted by molar-refractivity contribution is 5.32. The molecule has 0 aliphatic carbocycles. The van der Waals surface area contributed by atoms with Gasteiger partial charge in [0.25, 0.3) is 5.69 Å². The maximum atomic E-state index is 10.4. The van der Waals surface area contributed by atoms with Gasteiger partial charge in [0.2, 0.25) is 0 Å². The van der Waals surface area contributed by atoms with E-state index in [1.807, 2.05) is 6.92 Å². The van der Waals surface area contributed by atoms with Gasteiger partial charge in [0.05, 0.1) is 4.92 Å². The summed E-state index contributed by atoms with van der Waals surface area (Å²) in [5, 5.41) is 10.4. The topological polar surface area (TPSA) is 69.2 Å². The van der Waals surface area contributed by atoms with Crippen LogP contribution in [0.5, 0.6) is 0 Å². The summed E-state index contributed by atoms with van der Waals surface area (Å²) >= 11 is 0. The van der Waals surface area contributed by atoms with Gasteiger partial charge in [0.15, 0.2) is 0 Å². The highest BCUT2D eigenvalue weighted by atomic mass is 16.6. The molecular weight excluding hydrogens is 180 g/mol. The average Bonchev–Trinajstić information content (AvgIpc) is 2.15. The maximum absolute atomic E-state index is 10.4. The average molecular weight is 194 g/mol. The van der Waals surface area contributed by atoms with E-state index < -0.39 is 4.92 Å². The van der Waals surface area contributed by atoms with Crippen molar-refractivity contribution in [2.24, 2.45) is 5.73 Å². The highest BCUT2D eigenvalue weighted by Gasteiger charge is 2.03. The molecule has 0 saturated carbocycles. The number of benzene rings is 1. The Labute approximate surface area is 82.9 Å². The molecule has 0 aliphatic heterocycles. The summed E-state index contributed by atoms with van der Waals surface area (Å²) in [6.45, 7) is 1.95. The van der Waals surface area contributed by atoms with Gasteiger partial charge in [-0.15, -0.1) is 0 Å². The van der Waals surface area contributed by atoms with E-state index in [-0.39, 0.29) is 11.7 Å². The maximum Gasteiger partial charge on any atom is 0.269 e. The van der Waals surface area contributed by atoms with Gasteiger partial charge in [0, 0.05) is 18.2 Å². The van der Waals surface area contributed by atoms with Crippen molar-refractivity contribution in [2.75, 3.05) is 0 Å². The number of hydrogen-bond acceptors (Lipinski definition) is 3. The Bertz CT molecular complexity index is 306. The predicted molar refractivity (Wildman–Crippen MR) is 55.1 cm³/mol. The van der Waals surface area contributed by atoms with Crippen LogP contribution in [0.2, 0.25) is 0 Å². The Morgan fingerprint density at radius 1 is 1.43 bits per heavy atom.